The number of nitrogens with zero attached hydrogens (tertiary/aromatic N) is 3. The summed E-state index contributed by atoms with van der Waals surface area (Å²) in [6.45, 7) is 0.549. The van der Waals surface area contributed by atoms with E-state index in [2.05, 4.69) is 31.3 Å². The second kappa shape index (κ2) is 5.42. The molecular formula is C13H12BrF3N4. The lowest BCUT2D eigenvalue weighted by molar-refractivity contribution is -0.137. The summed E-state index contributed by atoms with van der Waals surface area (Å²) in [4.78, 5) is 4.19. The van der Waals surface area contributed by atoms with Gasteiger partial charge in [-0.3, -0.25) is 0 Å². The van der Waals surface area contributed by atoms with Crippen molar-refractivity contribution in [3.63, 3.8) is 0 Å². The highest BCUT2D eigenvalue weighted by atomic mass is 79.9. The Balaban J connectivity index is 1.90. The molecule has 1 saturated carbocycles. The number of alkyl halides is 3. The molecule has 2 aromatic heterocycles. The molecule has 0 unspecified atom stereocenters. The van der Waals surface area contributed by atoms with Crippen LogP contribution in [0.2, 0.25) is 0 Å². The smallest absolute Gasteiger partial charge is 0.310 e. The minimum atomic E-state index is -4.40. The lowest BCUT2D eigenvalue weighted by Crippen LogP contribution is -2.17. The summed E-state index contributed by atoms with van der Waals surface area (Å²) in [5, 5.41) is 7.10. The number of halogens is 4. The first-order valence-electron chi connectivity index (χ1n) is 6.43. The maximum absolute atomic E-state index is 12.7. The molecule has 1 N–H and O–H groups in total. The number of nitrogens with one attached hydrogen (secondary N) is 1. The molecule has 1 fully saturated rings. The van der Waals surface area contributed by atoms with Gasteiger partial charge in [0.25, 0.3) is 0 Å². The number of hydrogen-bond donors (Lipinski definition) is 1. The third kappa shape index (κ3) is 3.44. The number of pyridine rings is 1. The van der Waals surface area contributed by atoms with E-state index in [1.165, 1.54) is 4.68 Å². The maximum Gasteiger partial charge on any atom is 0.419 e. The molecule has 4 nitrogen and oxygen atoms in total. The van der Waals surface area contributed by atoms with Crippen LogP contribution in [0.5, 0.6) is 0 Å². The van der Waals surface area contributed by atoms with E-state index in [1.54, 1.807) is 6.20 Å². The summed E-state index contributed by atoms with van der Waals surface area (Å²) in [7, 11) is 0. The van der Waals surface area contributed by atoms with E-state index in [9.17, 15) is 13.2 Å². The summed E-state index contributed by atoms with van der Waals surface area (Å²) < 4.78 is 39.9. The summed E-state index contributed by atoms with van der Waals surface area (Å²) in [6.07, 6.45) is 1.18. The summed E-state index contributed by atoms with van der Waals surface area (Å²) >= 11 is 3.33. The van der Waals surface area contributed by atoms with Crippen LogP contribution in [0, 0.1) is 0 Å². The van der Waals surface area contributed by atoms with Crippen molar-refractivity contribution < 1.29 is 13.2 Å². The lowest BCUT2D eigenvalue weighted by atomic mass is 10.2. The zero-order chi connectivity index (χ0) is 15.0. The van der Waals surface area contributed by atoms with Crippen LogP contribution in [0.25, 0.3) is 5.82 Å². The fourth-order valence-corrected chi connectivity index (χ4v) is 2.32. The van der Waals surface area contributed by atoms with Gasteiger partial charge in [0.15, 0.2) is 5.82 Å². The van der Waals surface area contributed by atoms with Gasteiger partial charge in [0.1, 0.15) is 0 Å². The summed E-state index contributed by atoms with van der Waals surface area (Å²) in [5.74, 6) is 0.404. The first kappa shape index (κ1) is 14.5. The molecule has 1 aliphatic carbocycles. The molecule has 0 atom stereocenters. The Morgan fingerprint density at radius 2 is 2.10 bits per heavy atom. The second-order valence-corrected chi connectivity index (χ2v) is 5.88. The molecule has 2 heterocycles. The standard InChI is InChI=1S/C13H12BrF3N4/c14-10-3-8(4-18-11-1-2-11)12(19-6-10)21-7-9(5-20-21)13(15,16)17/h3,5-7,11,18H,1-2,4H2. The molecule has 0 bridgehead atoms. The van der Waals surface area contributed by atoms with Crippen molar-refractivity contribution in [2.24, 2.45) is 0 Å². The van der Waals surface area contributed by atoms with Crippen LogP contribution in [0.4, 0.5) is 13.2 Å². The third-order valence-electron chi connectivity index (χ3n) is 3.19. The molecule has 3 rings (SSSR count). The Morgan fingerprint density at radius 3 is 2.71 bits per heavy atom. The van der Waals surface area contributed by atoms with E-state index >= 15 is 0 Å². The SMILES string of the molecule is FC(F)(F)c1cnn(-c2ncc(Br)cc2CNC2CC2)c1. The van der Waals surface area contributed by atoms with Crippen molar-refractivity contribution in [2.75, 3.05) is 0 Å². The Bertz CT molecular complexity index is 649. The van der Waals surface area contributed by atoms with Crippen LogP contribution in [0.1, 0.15) is 24.0 Å². The van der Waals surface area contributed by atoms with E-state index in [0.717, 1.165) is 35.3 Å². The Kier molecular flexibility index (Phi) is 3.75. The molecule has 0 saturated heterocycles. The van der Waals surface area contributed by atoms with Crippen LogP contribution < -0.4 is 5.32 Å². The van der Waals surface area contributed by atoms with E-state index in [4.69, 9.17) is 0 Å². The lowest BCUT2D eigenvalue weighted by Gasteiger charge is -2.10. The molecule has 0 spiro atoms. The first-order chi connectivity index (χ1) is 9.93. The monoisotopic (exact) mass is 360 g/mol. The van der Waals surface area contributed by atoms with Crippen molar-refractivity contribution in [3.8, 4) is 5.82 Å². The zero-order valence-electron chi connectivity index (χ0n) is 10.9. The van der Waals surface area contributed by atoms with Gasteiger partial charge in [0.05, 0.1) is 11.8 Å². The average molecular weight is 361 g/mol. The molecule has 0 aromatic carbocycles. The summed E-state index contributed by atoms with van der Waals surface area (Å²) in [5.41, 5.74) is 0.0152. The highest BCUT2D eigenvalue weighted by molar-refractivity contribution is 9.10. The average Bonchev–Trinajstić information content (AvgIpc) is 3.10. The maximum atomic E-state index is 12.7. The van der Waals surface area contributed by atoms with Crippen molar-refractivity contribution in [1.29, 1.82) is 0 Å². The van der Waals surface area contributed by atoms with Gasteiger partial charge in [0.2, 0.25) is 0 Å². The van der Waals surface area contributed by atoms with Gasteiger partial charge in [-0.05, 0) is 34.8 Å². The van der Waals surface area contributed by atoms with Gasteiger partial charge in [-0.25, -0.2) is 9.67 Å². The van der Waals surface area contributed by atoms with Gasteiger partial charge >= 0.3 is 6.18 Å². The van der Waals surface area contributed by atoms with E-state index < -0.39 is 11.7 Å². The van der Waals surface area contributed by atoms with Gasteiger partial charge in [0, 0.05) is 35.0 Å². The predicted molar refractivity (Wildman–Crippen MR) is 73.9 cm³/mol. The molecule has 1 aliphatic rings. The largest absolute Gasteiger partial charge is 0.419 e. The number of rotatable bonds is 4. The quantitative estimate of drug-likeness (QED) is 0.909. The van der Waals surface area contributed by atoms with E-state index in [0.29, 0.717) is 18.4 Å². The van der Waals surface area contributed by atoms with E-state index in [1.807, 2.05) is 6.07 Å². The minimum absolute atomic E-state index is 0.404. The number of hydrogen-bond acceptors (Lipinski definition) is 3. The topological polar surface area (TPSA) is 42.7 Å². The zero-order valence-corrected chi connectivity index (χ0v) is 12.4. The van der Waals surface area contributed by atoms with E-state index in [-0.39, 0.29) is 0 Å². The van der Waals surface area contributed by atoms with Crippen molar-refractivity contribution >= 4 is 15.9 Å². The molecular weight excluding hydrogens is 349 g/mol. The van der Waals surface area contributed by atoms with Gasteiger partial charge in [-0.15, -0.1) is 0 Å². The molecule has 0 radical (unpaired) electrons. The molecule has 112 valence electrons. The highest BCUT2D eigenvalue weighted by Crippen LogP contribution is 2.29. The summed E-state index contributed by atoms with van der Waals surface area (Å²) in [6, 6.07) is 2.34. The first-order valence-corrected chi connectivity index (χ1v) is 7.23. The normalized spacial score (nSPS) is 15.4. The van der Waals surface area contributed by atoms with Crippen molar-refractivity contribution in [1.82, 2.24) is 20.1 Å². The number of aromatic nitrogens is 3. The molecule has 8 heteroatoms. The predicted octanol–water partition coefficient (Wildman–Crippen LogP) is 3.30. The van der Waals surface area contributed by atoms with Crippen molar-refractivity contribution in [3.05, 3.63) is 40.3 Å². The van der Waals surface area contributed by atoms with Crippen LogP contribution in [-0.2, 0) is 12.7 Å². The third-order valence-corrected chi connectivity index (χ3v) is 3.63. The van der Waals surface area contributed by atoms with Crippen LogP contribution in [-0.4, -0.2) is 20.8 Å². The molecule has 0 aliphatic heterocycles. The Labute approximate surface area is 127 Å². The molecule has 21 heavy (non-hydrogen) atoms. The minimum Gasteiger partial charge on any atom is -0.310 e. The van der Waals surface area contributed by atoms with Gasteiger partial charge < -0.3 is 5.32 Å². The highest BCUT2D eigenvalue weighted by Gasteiger charge is 2.32. The van der Waals surface area contributed by atoms with Crippen LogP contribution in [0.3, 0.4) is 0 Å². The van der Waals surface area contributed by atoms with Crippen LogP contribution in [0.15, 0.2) is 29.1 Å². The van der Waals surface area contributed by atoms with Crippen LogP contribution >= 0.6 is 15.9 Å². The van der Waals surface area contributed by atoms with Crippen molar-refractivity contribution in [2.45, 2.75) is 31.6 Å². The Hall–Kier alpha value is -1.41. The fraction of sp³-hybridized carbons (Fsp3) is 0.385. The molecule has 0 amide bonds. The molecule has 2 aromatic rings. The fourth-order valence-electron chi connectivity index (χ4n) is 1.94. The Morgan fingerprint density at radius 1 is 1.33 bits per heavy atom. The van der Waals surface area contributed by atoms with Gasteiger partial charge in [-0.2, -0.15) is 18.3 Å². The van der Waals surface area contributed by atoms with Gasteiger partial charge in [-0.1, -0.05) is 0 Å². The second-order valence-electron chi connectivity index (χ2n) is 4.96.